The van der Waals surface area contributed by atoms with Crippen LogP contribution in [0.5, 0.6) is 0 Å². The number of carbonyl (C=O) groups excluding carboxylic acids is 2. The summed E-state index contributed by atoms with van der Waals surface area (Å²) in [6.07, 6.45) is -2.00. The van der Waals surface area contributed by atoms with E-state index >= 15 is 0 Å². The van der Waals surface area contributed by atoms with Crippen LogP contribution in [0.15, 0.2) is 12.1 Å². The molecule has 2 fully saturated rings. The number of hydrogen-bond donors (Lipinski definition) is 1. The van der Waals surface area contributed by atoms with Crippen LogP contribution >= 0.6 is 11.8 Å². The van der Waals surface area contributed by atoms with Crippen LogP contribution in [0.4, 0.5) is 29.7 Å². The molecule has 2 amide bonds. The van der Waals surface area contributed by atoms with Gasteiger partial charge in [0.1, 0.15) is 17.4 Å². The first kappa shape index (κ1) is 21.5. The lowest BCUT2D eigenvalue weighted by atomic mass is 10.2. The van der Waals surface area contributed by atoms with Gasteiger partial charge in [0.15, 0.2) is 11.6 Å². The van der Waals surface area contributed by atoms with E-state index < -0.39 is 35.5 Å². The van der Waals surface area contributed by atoms with Crippen LogP contribution in [-0.4, -0.2) is 61.6 Å². The molecule has 2 aliphatic heterocycles. The molecule has 0 spiro atoms. The summed E-state index contributed by atoms with van der Waals surface area (Å²) in [5.41, 5.74) is -0.628. The third kappa shape index (κ3) is 5.43. The molecular weight excluding hydrogens is 404 g/mol. The first-order valence-corrected chi connectivity index (χ1v) is 10.6. The number of ether oxygens (including phenoxy) is 2. The van der Waals surface area contributed by atoms with E-state index in [0.29, 0.717) is 13.1 Å². The van der Waals surface area contributed by atoms with Crippen molar-refractivity contribution in [3.63, 3.8) is 0 Å². The van der Waals surface area contributed by atoms with Crippen molar-refractivity contribution in [2.75, 3.05) is 47.5 Å². The fourth-order valence-electron chi connectivity index (χ4n) is 3.15. The summed E-state index contributed by atoms with van der Waals surface area (Å²) in [6, 6.07) is 2.29. The summed E-state index contributed by atoms with van der Waals surface area (Å²) >= 11 is 1.74. The molecule has 3 rings (SSSR count). The van der Waals surface area contributed by atoms with Gasteiger partial charge in [0.25, 0.3) is 0 Å². The molecule has 1 atom stereocenters. The second-order valence-electron chi connectivity index (χ2n) is 7.86. The van der Waals surface area contributed by atoms with Crippen molar-refractivity contribution in [2.45, 2.75) is 32.5 Å². The lowest BCUT2D eigenvalue weighted by Gasteiger charge is -2.29. The summed E-state index contributed by atoms with van der Waals surface area (Å²) < 4.78 is 39.6. The smallest absolute Gasteiger partial charge is 0.414 e. The van der Waals surface area contributed by atoms with E-state index in [2.05, 4.69) is 5.32 Å². The maximum Gasteiger partial charge on any atom is 0.414 e. The monoisotopic (exact) mass is 429 g/mol. The zero-order valence-electron chi connectivity index (χ0n) is 16.7. The predicted molar refractivity (Wildman–Crippen MR) is 108 cm³/mol. The first-order valence-electron chi connectivity index (χ1n) is 9.41. The zero-order chi connectivity index (χ0) is 21.2. The van der Waals surface area contributed by atoms with E-state index in [-0.39, 0.29) is 24.5 Å². The number of nitrogens with zero attached hydrogens (tertiary/aromatic N) is 2. The maximum atomic E-state index is 14.6. The molecule has 0 aliphatic carbocycles. The lowest BCUT2D eigenvalue weighted by Crippen LogP contribution is -2.38. The minimum Gasteiger partial charge on any atom is -0.444 e. The van der Waals surface area contributed by atoms with Gasteiger partial charge in [-0.15, -0.1) is 0 Å². The van der Waals surface area contributed by atoms with Crippen LogP contribution < -0.4 is 15.1 Å². The number of cyclic esters (lactones) is 1. The summed E-state index contributed by atoms with van der Waals surface area (Å²) in [7, 11) is 0. The van der Waals surface area contributed by atoms with Crippen LogP contribution in [0, 0.1) is 11.6 Å². The minimum absolute atomic E-state index is 0.0334. The van der Waals surface area contributed by atoms with E-state index in [0.717, 1.165) is 28.5 Å². The fourth-order valence-corrected chi connectivity index (χ4v) is 4.05. The molecule has 0 saturated carbocycles. The maximum absolute atomic E-state index is 14.6. The zero-order valence-corrected chi connectivity index (χ0v) is 17.5. The highest BCUT2D eigenvalue weighted by Gasteiger charge is 2.34. The number of thioether (sulfide) groups is 1. The van der Waals surface area contributed by atoms with Crippen LogP contribution in [0.25, 0.3) is 0 Å². The van der Waals surface area contributed by atoms with Gasteiger partial charge in [-0.1, -0.05) is 0 Å². The highest BCUT2D eigenvalue weighted by molar-refractivity contribution is 7.99. The average molecular weight is 429 g/mol. The quantitative estimate of drug-likeness (QED) is 0.792. The van der Waals surface area contributed by atoms with E-state index in [9.17, 15) is 18.4 Å². The number of amides is 2. The van der Waals surface area contributed by atoms with Gasteiger partial charge in [0.05, 0.1) is 18.8 Å². The number of anilines is 2. The lowest BCUT2D eigenvalue weighted by molar-refractivity contribution is 0.0496. The minimum atomic E-state index is -0.720. The largest absolute Gasteiger partial charge is 0.444 e. The van der Waals surface area contributed by atoms with Gasteiger partial charge in [-0.25, -0.2) is 18.4 Å². The molecule has 2 heterocycles. The highest BCUT2D eigenvalue weighted by atomic mass is 32.2. The Bertz CT molecular complexity index is 758. The van der Waals surface area contributed by atoms with Crippen LogP contribution in [0.2, 0.25) is 0 Å². The third-order valence-electron chi connectivity index (χ3n) is 4.39. The van der Waals surface area contributed by atoms with Gasteiger partial charge in [-0.3, -0.25) is 4.90 Å². The Morgan fingerprint density at radius 3 is 2.48 bits per heavy atom. The first-order chi connectivity index (χ1) is 13.6. The number of halogens is 2. The number of benzene rings is 1. The van der Waals surface area contributed by atoms with Crippen LogP contribution in [0.3, 0.4) is 0 Å². The molecule has 29 heavy (non-hydrogen) atoms. The molecule has 7 nitrogen and oxygen atoms in total. The van der Waals surface area contributed by atoms with E-state index in [1.54, 1.807) is 37.4 Å². The number of nitrogens with one attached hydrogen (secondary N) is 1. The molecule has 0 radical (unpaired) electrons. The summed E-state index contributed by atoms with van der Waals surface area (Å²) in [6.45, 7) is 6.45. The SMILES string of the molecule is CC(C)(C)OC(=O)NCC1CN(c2cc(F)c(N3CCSCC3)c(F)c2)C(=O)O1. The van der Waals surface area contributed by atoms with Crippen molar-refractivity contribution in [3.05, 3.63) is 23.8 Å². The molecule has 0 aromatic heterocycles. The second kappa shape index (κ2) is 8.64. The molecule has 160 valence electrons. The van der Waals surface area contributed by atoms with Gasteiger partial charge >= 0.3 is 12.2 Å². The number of rotatable bonds is 4. The number of carbonyl (C=O) groups is 2. The molecule has 0 bridgehead atoms. The summed E-state index contributed by atoms with van der Waals surface area (Å²) in [5.74, 6) is 0.196. The van der Waals surface area contributed by atoms with E-state index in [1.807, 2.05) is 0 Å². The summed E-state index contributed by atoms with van der Waals surface area (Å²) in [5, 5.41) is 2.53. The molecule has 2 saturated heterocycles. The summed E-state index contributed by atoms with van der Waals surface area (Å²) in [4.78, 5) is 26.7. The Morgan fingerprint density at radius 1 is 1.28 bits per heavy atom. The normalized spacial score (nSPS) is 19.9. The molecule has 10 heteroatoms. The van der Waals surface area contributed by atoms with Crippen LogP contribution in [-0.2, 0) is 9.47 Å². The van der Waals surface area contributed by atoms with Crippen molar-refractivity contribution in [1.29, 1.82) is 0 Å². The number of hydrogen-bond acceptors (Lipinski definition) is 6. The Labute approximate surface area is 172 Å². The molecular formula is C19H25F2N3O4S. The standard InChI is InChI=1S/C19H25F2N3O4S/c1-19(2,3)28-17(25)22-10-13-11-24(18(26)27-13)12-8-14(20)16(15(21)9-12)23-4-6-29-7-5-23/h8-9,13H,4-7,10-11H2,1-3H3,(H,22,25). The fraction of sp³-hybridized carbons (Fsp3) is 0.579. The molecule has 1 aromatic rings. The molecule has 1 unspecified atom stereocenters. The molecule has 1 aromatic carbocycles. The predicted octanol–water partition coefficient (Wildman–Crippen LogP) is 3.37. The van der Waals surface area contributed by atoms with Gasteiger partial charge in [-0.05, 0) is 20.8 Å². The van der Waals surface area contributed by atoms with Crippen LogP contribution in [0.1, 0.15) is 20.8 Å². The van der Waals surface area contributed by atoms with E-state index in [1.165, 1.54) is 0 Å². The Kier molecular flexibility index (Phi) is 6.40. The second-order valence-corrected chi connectivity index (χ2v) is 9.08. The number of alkyl carbamates (subject to hydrolysis) is 1. The van der Waals surface area contributed by atoms with Crippen molar-refractivity contribution in [3.8, 4) is 0 Å². The van der Waals surface area contributed by atoms with Crippen molar-refractivity contribution >= 4 is 35.3 Å². The Balaban J connectivity index is 1.65. The molecule has 2 aliphatic rings. The van der Waals surface area contributed by atoms with Crippen molar-refractivity contribution in [2.24, 2.45) is 0 Å². The van der Waals surface area contributed by atoms with Crippen molar-refractivity contribution in [1.82, 2.24) is 5.32 Å². The average Bonchev–Trinajstić information content (AvgIpc) is 3.00. The van der Waals surface area contributed by atoms with Gasteiger partial charge in [-0.2, -0.15) is 11.8 Å². The van der Waals surface area contributed by atoms with Crippen molar-refractivity contribution < 1.29 is 27.8 Å². The highest BCUT2D eigenvalue weighted by Crippen LogP contribution is 2.32. The van der Waals surface area contributed by atoms with Gasteiger partial charge < -0.3 is 19.7 Å². The Hall–Kier alpha value is -2.23. The van der Waals surface area contributed by atoms with Gasteiger partial charge in [0, 0.05) is 36.7 Å². The Morgan fingerprint density at radius 2 is 1.90 bits per heavy atom. The third-order valence-corrected chi connectivity index (χ3v) is 5.33. The topological polar surface area (TPSA) is 71.1 Å². The molecule has 1 N–H and O–H groups in total. The van der Waals surface area contributed by atoms with E-state index in [4.69, 9.17) is 9.47 Å². The van der Waals surface area contributed by atoms with Gasteiger partial charge in [0.2, 0.25) is 0 Å².